The van der Waals surface area contributed by atoms with Gasteiger partial charge >= 0.3 is 0 Å². The molecule has 1 nitrogen and oxygen atoms in total. The van der Waals surface area contributed by atoms with Gasteiger partial charge in [-0.05, 0) is 49.3 Å². The molecule has 0 amide bonds. The highest BCUT2D eigenvalue weighted by Crippen LogP contribution is 2.41. The van der Waals surface area contributed by atoms with E-state index in [1.165, 1.54) is 31.2 Å². The molecule has 3 atom stereocenters. The molecule has 0 heterocycles. The summed E-state index contributed by atoms with van der Waals surface area (Å²) in [6.07, 6.45) is 4.89. The summed E-state index contributed by atoms with van der Waals surface area (Å²) >= 11 is 6.06. The van der Waals surface area contributed by atoms with E-state index < -0.39 is 0 Å². The first kappa shape index (κ1) is 12.5. The highest BCUT2D eigenvalue weighted by atomic mass is 35.5. The molecule has 2 heteroatoms. The van der Waals surface area contributed by atoms with Gasteiger partial charge in [0.1, 0.15) is 0 Å². The molecule has 0 spiro atoms. The van der Waals surface area contributed by atoms with Crippen LogP contribution in [-0.2, 0) is 0 Å². The molecule has 1 aliphatic carbocycles. The molecular weight excluding hydrogens is 230 g/mol. The summed E-state index contributed by atoms with van der Waals surface area (Å²) in [6.45, 7) is 2.05. The van der Waals surface area contributed by atoms with Crippen molar-refractivity contribution in [3.8, 4) is 6.07 Å². The van der Waals surface area contributed by atoms with Crippen LogP contribution in [0.4, 0.5) is 0 Å². The third-order valence-electron chi connectivity index (χ3n) is 3.94. The summed E-state index contributed by atoms with van der Waals surface area (Å²) in [5, 5.41) is 9.93. The fraction of sp³-hybridized carbons (Fsp3) is 0.533. The molecule has 1 aromatic carbocycles. The first-order chi connectivity index (χ1) is 8.22. The third kappa shape index (κ3) is 2.82. The molecule has 0 radical (unpaired) electrons. The van der Waals surface area contributed by atoms with E-state index in [1.807, 2.05) is 19.1 Å². The van der Waals surface area contributed by atoms with Gasteiger partial charge in [-0.3, -0.25) is 0 Å². The van der Waals surface area contributed by atoms with E-state index >= 15 is 0 Å². The summed E-state index contributed by atoms with van der Waals surface area (Å²) in [7, 11) is 0. The molecule has 1 aliphatic rings. The van der Waals surface area contributed by atoms with Gasteiger partial charge in [-0.15, -0.1) is 0 Å². The van der Waals surface area contributed by atoms with Crippen LogP contribution in [0.5, 0.6) is 0 Å². The van der Waals surface area contributed by atoms with Crippen molar-refractivity contribution < 1.29 is 0 Å². The summed E-state index contributed by atoms with van der Waals surface area (Å²) in [6, 6.07) is 10.6. The molecule has 1 aromatic rings. The largest absolute Gasteiger partial charge is 0.198 e. The molecule has 0 aromatic heterocycles. The summed E-state index contributed by atoms with van der Waals surface area (Å²) in [4.78, 5) is 0. The summed E-state index contributed by atoms with van der Waals surface area (Å²) < 4.78 is 0. The molecule has 0 aliphatic heterocycles. The van der Waals surface area contributed by atoms with E-state index in [0.29, 0.717) is 11.8 Å². The van der Waals surface area contributed by atoms with Crippen LogP contribution in [0, 0.1) is 23.2 Å². The van der Waals surface area contributed by atoms with Crippen LogP contribution < -0.4 is 0 Å². The number of nitriles is 1. The second kappa shape index (κ2) is 5.56. The lowest BCUT2D eigenvalue weighted by Crippen LogP contribution is -2.23. The number of rotatable bonds is 2. The van der Waals surface area contributed by atoms with Gasteiger partial charge in [-0.1, -0.05) is 36.6 Å². The molecule has 0 N–H and O–H groups in total. The van der Waals surface area contributed by atoms with E-state index in [4.69, 9.17) is 16.9 Å². The third-order valence-corrected chi connectivity index (χ3v) is 4.18. The minimum absolute atomic E-state index is 0.138. The average Bonchev–Trinajstić information content (AvgIpc) is 2.38. The molecule has 17 heavy (non-hydrogen) atoms. The van der Waals surface area contributed by atoms with Crippen LogP contribution in [-0.4, -0.2) is 0 Å². The van der Waals surface area contributed by atoms with Crippen LogP contribution in [0.1, 0.15) is 44.1 Å². The number of benzene rings is 1. The van der Waals surface area contributed by atoms with Crippen LogP contribution >= 0.6 is 11.6 Å². The number of halogens is 1. The van der Waals surface area contributed by atoms with Crippen molar-refractivity contribution >= 4 is 11.6 Å². The normalized spacial score (nSPS) is 26.2. The minimum atomic E-state index is 0.138. The zero-order valence-corrected chi connectivity index (χ0v) is 11.0. The second-order valence-electron chi connectivity index (χ2n) is 5.03. The Balaban J connectivity index is 2.25. The van der Waals surface area contributed by atoms with Crippen molar-refractivity contribution in [3.63, 3.8) is 0 Å². The molecule has 1 saturated carbocycles. The predicted molar refractivity (Wildman–Crippen MR) is 70.9 cm³/mol. The average molecular weight is 248 g/mol. The smallest absolute Gasteiger partial charge is 0.0656 e. The highest BCUT2D eigenvalue weighted by Gasteiger charge is 2.30. The van der Waals surface area contributed by atoms with Crippen molar-refractivity contribution in [1.82, 2.24) is 0 Å². The van der Waals surface area contributed by atoms with Gasteiger partial charge in [0.15, 0.2) is 0 Å². The fourth-order valence-electron chi connectivity index (χ4n) is 3.00. The Morgan fingerprint density at radius 2 is 2.12 bits per heavy atom. The first-order valence-electron chi connectivity index (χ1n) is 6.37. The Morgan fingerprint density at radius 1 is 1.35 bits per heavy atom. The zero-order chi connectivity index (χ0) is 12.3. The van der Waals surface area contributed by atoms with Gasteiger partial charge < -0.3 is 0 Å². The highest BCUT2D eigenvalue weighted by molar-refractivity contribution is 6.30. The van der Waals surface area contributed by atoms with Gasteiger partial charge in [0, 0.05) is 10.9 Å². The molecule has 3 unspecified atom stereocenters. The SMILES string of the molecule is CC(C#N)C1CCCCC1c1cccc(Cl)c1. The monoisotopic (exact) mass is 247 g/mol. The van der Waals surface area contributed by atoms with Gasteiger partial charge in [0.2, 0.25) is 0 Å². The van der Waals surface area contributed by atoms with Crippen LogP contribution in [0.15, 0.2) is 24.3 Å². The maximum Gasteiger partial charge on any atom is 0.0656 e. The quantitative estimate of drug-likeness (QED) is 0.738. The van der Waals surface area contributed by atoms with Crippen LogP contribution in [0.25, 0.3) is 0 Å². The lowest BCUT2D eigenvalue weighted by Gasteiger charge is -2.33. The lowest BCUT2D eigenvalue weighted by molar-refractivity contribution is 0.260. The molecular formula is C15H18ClN. The number of hydrogen-bond acceptors (Lipinski definition) is 1. The van der Waals surface area contributed by atoms with Crippen molar-refractivity contribution in [2.24, 2.45) is 11.8 Å². The Labute approximate surface area is 108 Å². The molecule has 2 rings (SSSR count). The van der Waals surface area contributed by atoms with Crippen molar-refractivity contribution in [1.29, 1.82) is 5.26 Å². The first-order valence-corrected chi connectivity index (χ1v) is 6.75. The van der Waals surface area contributed by atoms with Gasteiger partial charge in [0.05, 0.1) is 6.07 Å². The zero-order valence-electron chi connectivity index (χ0n) is 10.2. The Hall–Kier alpha value is -1.00. The lowest BCUT2D eigenvalue weighted by atomic mass is 9.70. The Bertz CT molecular complexity index is 421. The maximum atomic E-state index is 9.13. The van der Waals surface area contributed by atoms with E-state index in [0.717, 1.165) is 5.02 Å². The second-order valence-corrected chi connectivity index (χ2v) is 5.46. The van der Waals surface area contributed by atoms with Gasteiger partial charge in [-0.25, -0.2) is 0 Å². The van der Waals surface area contributed by atoms with E-state index in [2.05, 4.69) is 18.2 Å². The minimum Gasteiger partial charge on any atom is -0.198 e. The van der Waals surface area contributed by atoms with Crippen LogP contribution in [0.2, 0.25) is 5.02 Å². The molecule has 0 bridgehead atoms. The number of nitrogens with zero attached hydrogens (tertiary/aromatic N) is 1. The van der Waals surface area contributed by atoms with Crippen molar-refractivity contribution in [2.45, 2.75) is 38.5 Å². The molecule has 1 fully saturated rings. The van der Waals surface area contributed by atoms with Crippen LogP contribution in [0.3, 0.4) is 0 Å². The van der Waals surface area contributed by atoms with E-state index in [-0.39, 0.29) is 5.92 Å². The maximum absolute atomic E-state index is 9.13. The fourth-order valence-corrected chi connectivity index (χ4v) is 3.20. The van der Waals surface area contributed by atoms with Gasteiger partial charge in [-0.2, -0.15) is 5.26 Å². The molecule has 90 valence electrons. The summed E-state index contributed by atoms with van der Waals surface area (Å²) in [5.74, 6) is 1.14. The van der Waals surface area contributed by atoms with Gasteiger partial charge in [0.25, 0.3) is 0 Å². The molecule has 0 saturated heterocycles. The topological polar surface area (TPSA) is 23.8 Å². The van der Waals surface area contributed by atoms with Crippen molar-refractivity contribution in [3.05, 3.63) is 34.9 Å². The van der Waals surface area contributed by atoms with E-state index in [9.17, 15) is 0 Å². The standard InChI is InChI=1S/C15H18ClN/c1-11(10-17)14-7-2-3-8-15(14)12-5-4-6-13(16)9-12/h4-6,9,11,14-15H,2-3,7-8H2,1H3. The van der Waals surface area contributed by atoms with Crippen molar-refractivity contribution in [2.75, 3.05) is 0 Å². The number of hydrogen-bond donors (Lipinski definition) is 0. The Kier molecular flexibility index (Phi) is 4.07. The summed E-state index contributed by atoms with van der Waals surface area (Å²) in [5.41, 5.74) is 1.31. The van der Waals surface area contributed by atoms with E-state index in [1.54, 1.807) is 0 Å². The predicted octanol–water partition coefficient (Wildman–Crippen LogP) is 4.77. The Morgan fingerprint density at radius 3 is 2.82 bits per heavy atom.